The Morgan fingerprint density at radius 1 is 1.50 bits per heavy atom. The van der Waals surface area contributed by atoms with E-state index in [2.05, 4.69) is 21.8 Å². The van der Waals surface area contributed by atoms with Crippen LogP contribution in [-0.2, 0) is 16.6 Å². The fourth-order valence-electron chi connectivity index (χ4n) is 2.04. The van der Waals surface area contributed by atoms with Crippen LogP contribution in [-0.4, -0.2) is 25.2 Å². The maximum absolute atomic E-state index is 12.2. The number of sulfonamides is 1. The Bertz CT molecular complexity index is 531. The average Bonchev–Trinajstić information content (AvgIpc) is 3.03. The van der Waals surface area contributed by atoms with E-state index in [1.807, 2.05) is 0 Å². The van der Waals surface area contributed by atoms with E-state index in [0.717, 1.165) is 19.3 Å². The second-order valence-electron chi connectivity index (χ2n) is 5.01. The minimum absolute atomic E-state index is 0.0365. The van der Waals surface area contributed by atoms with Crippen LogP contribution in [0.25, 0.3) is 0 Å². The topological polar surface area (TPSA) is 101 Å². The highest BCUT2D eigenvalue weighted by atomic mass is 32.2. The van der Waals surface area contributed by atoms with Gasteiger partial charge in [-0.2, -0.15) is 5.10 Å². The quantitative estimate of drug-likeness (QED) is 0.707. The number of aromatic amines is 1. The van der Waals surface area contributed by atoms with Crippen molar-refractivity contribution < 1.29 is 8.42 Å². The number of nitrogens with one attached hydrogen (secondary N) is 2. The molecule has 1 fully saturated rings. The van der Waals surface area contributed by atoms with Gasteiger partial charge in [-0.15, -0.1) is 0 Å². The first-order valence-electron chi connectivity index (χ1n) is 6.18. The van der Waals surface area contributed by atoms with Gasteiger partial charge in [0.2, 0.25) is 0 Å². The van der Waals surface area contributed by atoms with Gasteiger partial charge in [0.1, 0.15) is 0 Å². The van der Waals surface area contributed by atoms with Gasteiger partial charge < -0.3 is 5.73 Å². The summed E-state index contributed by atoms with van der Waals surface area (Å²) in [6, 6.07) is 0. The number of hydrogen-bond acceptors (Lipinski definition) is 4. The van der Waals surface area contributed by atoms with Crippen molar-refractivity contribution in [3.63, 3.8) is 0 Å². The molecule has 0 spiro atoms. The highest BCUT2D eigenvalue weighted by Crippen LogP contribution is 2.48. The van der Waals surface area contributed by atoms with Crippen molar-refractivity contribution >= 4 is 10.0 Å². The van der Waals surface area contributed by atoms with Crippen LogP contribution < -0.4 is 10.5 Å². The van der Waals surface area contributed by atoms with Crippen molar-refractivity contribution in [1.29, 1.82) is 0 Å². The number of aromatic nitrogens is 2. The standard InChI is InChI=1S/C11H20N4O2S/c1-3-11(4-5-11)7-13-18(16,17)10-9(6-12)8(2)14-15-10/h13H,3-7,12H2,1-2H3,(H,14,15). The predicted octanol–water partition coefficient (Wildman–Crippen LogP) is 0.645. The Balaban J connectivity index is 2.15. The molecule has 0 aromatic carbocycles. The minimum Gasteiger partial charge on any atom is -0.326 e. The third kappa shape index (κ3) is 2.43. The molecule has 0 bridgehead atoms. The molecule has 18 heavy (non-hydrogen) atoms. The first-order chi connectivity index (χ1) is 8.44. The monoisotopic (exact) mass is 272 g/mol. The lowest BCUT2D eigenvalue weighted by atomic mass is 10.1. The molecule has 0 radical (unpaired) electrons. The molecule has 0 amide bonds. The van der Waals surface area contributed by atoms with Gasteiger partial charge in [0, 0.05) is 24.3 Å². The summed E-state index contributed by atoms with van der Waals surface area (Å²) >= 11 is 0. The van der Waals surface area contributed by atoms with Crippen molar-refractivity contribution in [3.8, 4) is 0 Å². The number of aryl methyl sites for hydroxylation is 1. The molecular weight excluding hydrogens is 252 g/mol. The zero-order valence-corrected chi connectivity index (χ0v) is 11.6. The van der Waals surface area contributed by atoms with Crippen molar-refractivity contribution in [2.75, 3.05) is 6.54 Å². The lowest BCUT2D eigenvalue weighted by Crippen LogP contribution is -2.31. The van der Waals surface area contributed by atoms with Gasteiger partial charge in [-0.3, -0.25) is 5.10 Å². The van der Waals surface area contributed by atoms with Gasteiger partial charge >= 0.3 is 0 Å². The average molecular weight is 272 g/mol. The lowest BCUT2D eigenvalue weighted by Gasteiger charge is -2.13. The lowest BCUT2D eigenvalue weighted by molar-refractivity contribution is 0.474. The van der Waals surface area contributed by atoms with Crippen LogP contribution in [0.2, 0.25) is 0 Å². The van der Waals surface area contributed by atoms with Crippen LogP contribution in [0, 0.1) is 12.3 Å². The molecule has 1 aliphatic carbocycles. The molecule has 1 aromatic rings. The van der Waals surface area contributed by atoms with E-state index in [-0.39, 0.29) is 17.0 Å². The predicted molar refractivity (Wildman–Crippen MR) is 68.4 cm³/mol. The Kier molecular flexibility index (Phi) is 3.48. The molecule has 0 saturated heterocycles. The zero-order valence-electron chi connectivity index (χ0n) is 10.8. The smallest absolute Gasteiger partial charge is 0.260 e. The fourth-order valence-corrected chi connectivity index (χ4v) is 3.40. The van der Waals surface area contributed by atoms with Gasteiger partial charge in [0.05, 0.1) is 0 Å². The third-order valence-corrected chi connectivity index (χ3v) is 5.21. The second kappa shape index (κ2) is 4.64. The van der Waals surface area contributed by atoms with Gasteiger partial charge in [-0.25, -0.2) is 13.1 Å². The first-order valence-corrected chi connectivity index (χ1v) is 7.66. The first kappa shape index (κ1) is 13.5. The van der Waals surface area contributed by atoms with E-state index in [1.54, 1.807) is 6.92 Å². The summed E-state index contributed by atoms with van der Waals surface area (Å²) in [7, 11) is -3.56. The van der Waals surface area contributed by atoms with Crippen LogP contribution in [0.15, 0.2) is 5.03 Å². The Morgan fingerprint density at radius 3 is 2.67 bits per heavy atom. The molecule has 1 saturated carbocycles. The van der Waals surface area contributed by atoms with Gasteiger partial charge in [-0.1, -0.05) is 6.92 Å². The summed E-state index contributed by atoms with van der Waals surface area (Å²) in [5.74, 6) is 0. The van der Waals surface area contributed by atoms with Crippen LogP contribution >= 0.6 is 0 Å². The van der Waals surface area contributed by atoms with Crippen LogP contribution in [0.3, 0.4) is 0 Å². The highest BCUT2D eigenvalue weighted by molar-refractivity contribution is 7.89. The maximum atomic E-state index is 12.2. The van der Waals surface area contributed by atoms with E-state index in [4.69, 9.17) is 5.73 Å². The summed E-state index contributed by atoms with van der Waals surface area (Å²) in [4.78, 5) is 0. The van der Waals surface area contributed by atoms with Gasteiger partial charge in [0.15, 0.2) is 5.03 Å². The van der Waals surface area contributed by atoms with Crippen molar-refractivity contribution in [1.82, 2.24) is 14.9 Å². The minimum atomic E-state index is -3.56. The van der Waals surface area contributed by atoms with E-state index in [9.17, 15) is 8.42 Å². The summed E-state index contributed by atoms with van der Waals surface area (Å²) in [6.07, 6.45) is 3.18. The fraction of sp³-hybridized carbons (Fsp3) is 0.727. The molecule has 1 aromatic heterocycles. The third-order valence-electron chi connectivity index (χ3n) is 3.84. The Morgan fingerprint density at radius 2 is 2.17 bits per heavy atom. The second-order valence-corrected chi connectivity index (χ2v) is 6.70. The highest BCUT2D eigenvalue weighted by Gasteiger charge is 2.41. The number of H-pyrrole nitrogens is 1. The SMILES string of the molecule is CCC1(CNS(=O)(=O)c2n[nH]c(C)c2CN)CC1. The molecule has 0 unspecified atom stereocenters. The molecule has 4 N–H and O–H groups in total. The molecule has 1 heterocycles. The van der Waals surface area contributed by atoms with E-state index in [0.29, 0.717) is 17.8 Å². The van der Waals surface area contributed by atoms with Gasteiger partial charge in [0.25, 0.3) is 10.0 Å². The van der Waals surface area contributed by atoms with Gasteiger partial charge in [-0.05, 0) is 31.6 Å². The molecule has 6 nitrogen and oxygen atoms in total. The molecular formula is C11H20N4O2S. The van der Waals surface area contributed by atoms with Crippen molar-refractivity contribution in [2.24, 2.45) is 11.1 Å². The molecule has 0 atom stereocenters. The van der Waals surface area contributed by atoms with Crippen LogP contribution in [0.1, 0.15) is 37.4 Å². The van der Waals surface area contributed by atoms with E-state index >= 15 is 0 Å². The van der Waals surface area contributed by atoms with Crippen LogP contribution in [0.5, 0.6) is 0 Å². The van der Waals surface area contributed by atoms with Crippen LogP contribution in [0.4, 0.5) is 0 Å². The van der Waals surface area contributed by atoms with E-state index < -0.39 is 10.0 Å². The maximum Gasteiger partial charge on any atom is 0.260 e. The Hall–Kier alpha value is -0.920. The normalized spacial score (nSPS) is 17.9. The molecule has 7 heteroatoms. The summed E-state index contributed by atoms with van der Waals surface area (Å²) in [5, 5.41) is 6.56. The largest absolute Gasteiger partial charge is 0.326 e. The molecule has 0 aliphatic heterocycles. The van der Waals surface area contributed by atoms with E-state index in [1.165, 1.54) is 0 Å². The molecule has 2 rings (SSSR count). The van der Waals surface area contributed by atoms with Crippen molar-refractivity contribution in [2.45, 2.75) is 44.7 Å². The molecule has 1 aliphatic rings. The number of nitrogens with zero attached hydrogens (tertiary/aromatic N) is 1. The van der Waals surface area contributed by atoms with Crippen molar-refractivity contribution in [3.05, 3.63) is 11.3 Å². The summed E-state index contributed by atoms with van der Waals surface area (Å²) < 4.78 is 27.0. The molecule has 102 valence electrons. The Labute approximate surface area is 107 Å². The number of rotatable bonds is 6. The summed E-state index contributed by atoms with van der Waals surface area (Å²) in [6.45, 7) is 4.51. The number of nitrogens with two attached hydrogens (primary N) is 1. The summed E-state index contributed by atoms with van der Waals surface area (Å²) in [5.41, 5.74) is 6.99. The zero-order chi connectivity index (χ0) is 13.4. The number of hydrogen-bond donors (Lipinski definition) is 3.